The number of aryl methyl sites for hydroxylation is 1. The van der Waals surface area contributed by atoms with Gasteiger partial charge in [0.05, 0.1) is 4.92 Å². The summed E-state index contributed by atoms with van der Waals surface area (Å²) >= 11 is 5.68. The summed E-state index contributed by atoms with van der Waals surface area (Å²) in [7, 11) is 0. The average molecular weight is 285 g/mol. The molecule has 1 aromatic rings. The summed E-state index contributed by atoms with van der Waals surface area (Å²) in [6.45, 7) is 5.82. The van der Waals surface area contributed by atoms with Crippen molar-refractivity contribution < 1.29 is 9.72 Å². The maximum Gasteiger partial charge on any atom is 0.273 e. The summed E-state index contributed by atoms with van der Waals surface area (Å²) in [4.78, 5) is 24.3. The monoisotopic (exact) mass is 284 g/mol. The van der Waals surface area contributed by atoms with E-state index in [0.717, 1.165) is 0 Å². The molecule has 0 unspecified atom stereocenters. The van der Waals surface area contributed by atoms with Crippen molar-refractivity contribution in [2.24, 2.45) is 0 Å². The van der Waals surface area contributed by atoms with Gasteiger partial charge < -0.3 is 4.90 Å². The van der Waals surface area contributed by atoms with Gasteiger partial charge in [-0.15, -0.1) is 11.6 Å². The molecule has 5 nitrogen and oxygen atoms in total. The molecule has 0 bridgehead atoms. The number of nitro benzene ring substituents is 1. The van der Waals surface area contributed by atoms with Crippen molar-refractivity contribution in [1.29, 1.82) is 0 Å². The van der Waals surface area contributed by atoms with E-state index in [1.165, 1.54) is 6.07 Å². The van der Waals surface area contributed by atoms with E-state index in [4.69, 9.17) is 11.6 Å². The van der Waals surface area contributed by atoms with Gasteiger partial charge in [0.1, 0.15) is 0 Å². The zero-order valence-electron chi connectivity index (χ0n) is 11.2. The second kappa shape index (κ2) is 6.52. The van der Waals surface area contributed by atoms with Gasteiger partial charge in [0.2, 0.25) is 0 Å². The predicted octanol–water partition coefficient (Wildman–Crippen LogP) is 2.99. The summed E-state index contributed by atoms with van der Waals surface area (Å²) in [6, 6.07) is 4.51. The minimum Gasteiger partial charge on any atom is -0.335 e. The minimum atomic E-state index is -0.479. The van der Waals surface area contributed by atoms with Crippen molar-refractivity contribution in [1.82, 2.24) is 4.90 Å². The Morgan fingerprint density at radius 2 is 2.11 bits per heavy atom. The highest BCUT2D eigenvalue weighted by Crippen LogP contribution is 2.20. The standard InChI is InChI=1S/C13H17ClN2O3/c1-9(2)15(7-6-14)13(17)11-5-4-10(3)12(8-11)16(18)19/h4-5,8-9H,6-7H2,1-3H3. The molecular weight excluding hydrogens is 268 g/mol. The third kappa shape index (κ3) is 3.67. The highest BCUT2D eigenvalue weighted by atomic mass is 35.5. The number of hydrogen-bond donors (Lipinski definition) is 0. The summed E-state index contributed by atoms with van der Waals surface area (Å²) < 4.78 is 0. The van der Waals surface area contributed by atoms with Crippen LogP contribution in [0, 0.1) is 17.0 Å². The highest BCUT2D eigenvalue weighted by molar-refractivity contribution is 6.18. The van der Waals surface area contributed by atoms with Crippen molar-refractivity contribution in [2.45, 2.75) is 26.8 Å². The molecule has 6 heteroatoms. The summed E-state index contributed by atoms with van der Waals surface area (Å²) in [6.07, 6.45) is 0. The fourth-order valence-electron chi connectivity index (χ4n) is 1.79. The van der Waals surface area contributed by atoms with Gasteiger partial charge >= 0.3 is 0 Å². The first-order valence-corrected chi connectivity index (χ1v) is 6.54. The van der Waals surface area contributed by atoms with Crippen LogP contribution in [-0.2, 0) is 0 Å². The van der Waals surface area contributed by atoms with Crippen LogP contribution in [-0.4, -0.2) is 34.2 Å². The lowest BCUT2D eigenvalue weighted by Gasteiger charge is -2.26. The van der Waals surface area contributed by atoms with Crippen LogP contribution in [0.5, 0.6) is 0 Å². The fraction of sp³-hybridized carbons (Fsp3) is 0.462. The fourth-order valence-corrected chi connectivity index (χ4v) is 1.97. The predicted molar refractivity (Wildman–Crippen MR) is 74.7 cm³/mol. The number of hydrogen-bond acceptors (Lipinski definition) is 3. The van der Waals surface area contributed by atoms with Gasteiger partial charge in [0.15, 0.2) is 0 Å². The molecule has 1 rings (SSSR count). The number of rotatable bonds is 5. The number of carbonyl (C=O) groups excluding carboxylic acids is 1. The number of amides is 1. The van der Waals surface area contributed by atoms with Crippen LogP contribution in [0.25, 0.3) is 0 Å². The molecule has 0 saturated carbocycles. The van der Waals surface area contributed by atoms with E-state index in [2.05, 4.69) is 0 Å². The second-order valence-electron chi connectivity index (χ2n) is 4.54. The first-order valence-electron chi connectivity index (χ1n) is 6.00. The van der Waals surface area contributed by atoms with Gasteiger partial charge in [-0.1, -0.05) is 6.07 Å². The Morgan fingerprint density at radius 3 is 2.58 bits per heavy atom. The maximum atomic E-state index is 12.3. The van der Waals surface area contributed by atoms with Crippen molar-refractivity contribution in [3.05, 3.63) is 39.4 Å². The third-order valence-electron chi connectivity index (χ3n) is 2.86. The minimum absolute atomic E-state index is 0.00777. The Morgan fingerprint density at radius 1 is 1.47 bits per heavy atom. The Labute approximate surface area is 117 Å². The highest BCUT2D eigenvalue weighted by Gasteiger charge is 2.21. The number of nitro groups is 1. The molecule has 0 radical (unpaired) electrons. The van der Waals surface area contributed by atoms with Crippen molar-refractivity contribution in [3.8, 4) is 0 Å². The molecule has 0 aliphatic rings. The number of halogens is 1. The van der Waals surface area contributed by atoms with E-state index >= 15 is 0 Å². The quantitative estimate of drug-likeness (QED) is 0.474. The molecule has 0 N–H and O–H groups in total. The van der Waals surface area contributed by atoms with Crippen LogP contribution in [0.4, 0.5) is 5.69 Å². The third-order valence-corrected chi connectivity index (χ3v) is 3.03. The number of carbonyl (C=O) groups is 1. The largest absolute Gasteiger partial charge is 0.335 e. The Bertz CT molecular complexity index is 489. The summed E-state index contributed by atoms with van der Waals surface area (Å²) in [5, 5.41) is 10.9. The molecule has 19 heavy (non-hydrogen) atoms. The van der Waals surface area contributed by atoms with Gasteiger partial charge in [0.25, 0.3) is 11.6 Å². The molecule has 0 atom stereocenters. The lowest BCUT2D eigenvalue weighted by molar-refractivity contribution is -0.385. The van der Waals surface area contributed by atoms with E-state index < -0.39 is 4.92 Å². The van der Waals surface area contributed by atoms with Crippen molar-refractivity contribution >= 4 is 23.2 Å². The molecule has 0 fully saturated rings. The second-order valence-corrected chi connectivity index (χ2v) is 4.92. The average Bonchev–Trinajstić information content (AvgIpc) is 2.35. The maximum absolute atomic E-state index is 12.3. The van der Waals surface area contributed by atoms with Gasteiger partial charge in [-0.2, -0.15) is 0 Å². The molecule has 0 spiro atoms. The lowest BCUT2D eigenvalue weighted by Crippen LogP contribution is -2.38. The normalized spacial score (nSPS) is 10.6. The van der Waals surface area contributed by atoms with Gasteiger partial charge in [-0.25, -0.2) is 0 Å². The molecule has 1 aromatic carbocycles. The smallest absolute Gasteiger partial charge is 0.273 e. The molecular formula is C13H17ClN2O3. The molecule has 0 aliphatic heterocycles. The molecule has 0 saturated heterocycles. The topological polar surface area (TPSA) is 63.5 Å². The number of benzene rings is 1. The van der Waals surface area contributed by atoms with Crippen LogP contribution in [0.3, 0.4) is 0 Å². The lowest BCUT2D eigenvalue weighted by atomic mass is 10.1. The Hall–Kier alpha value is -1.62. The Kier molecular flexibility index (Phi) is 5.30. The van der Waals surface area contributed by atoms with E-state index in [1.807, 2.05) is 13.8 Å². The molecule has 1 amide bonds. The van der Waals surface area contributed by atoms with E-state index in [0.29, 0.717) is 23.6 Å². The molecule has 0 aromatic heterocycles. The first kappa shape index (κ1) is 15.4. The van der Waals surface area contributed by atoms with Gasteiger partial charge in [-0.05, 0) is 26.8 Å². The van der Waals surface area contributed by atoms with Crippen LogP contribution in [0.1, 0.15) is 29.8 Å². The van der Waals surface area contributed by atoms with Gasteiger partial charge in [0, 0.05) is 35.7 Å². The van der Waals surface area contributed by atoms with Crippen LogP contribution < -0.4 is 0 Å². The molecule has 0 aliphatic carbocycles. The van der Waals surface area contributed by atoms with Crippen molar-refractivity contribution in [3.63, 3.8) is 0 Å². The SMILES string of the molecule is Cc1ccc(C(=O)N(CCCl)C(C)C)cc1[N+](=O)[O-]. The molecule has 104 valence electrons. The molecule has 0 heterocycles. The summed E-state index contributed by atoms with van der Waals surface area (Å²) in [5.74, 6) is 0.0940. The van der Waals surface area contributed by atoms with E-state index in [-0.39, 0.29) is 17.6 Å². The number of nitrogens with zero attached hydrogens (tertiary/aromatic N) is 2. The summed E-state index contributed by atoms with van der Waals surface area (Å²) in [5.41, 5.74) is 0.812. The van der Waals surface area contributed by atoms with Crippen LogP contribution in [0.15, 0.2) is 18.2 Å². The van der Waals surface area contributed by atoms with E-state index in [9.17, 15) is 14.9 Å². The van der Waals surface area contributed by atoms with Gasteiger partial charge in [-0.3, -0.25) is 14.9 Å². The zero-order valence-corrected chi connectivity index (χ0v) is 12.0. The van der Waals surface area contributed by atoms with Crippen LogP contribution in [0.2, 0.25) is 0 Å². The Balaban J connectivity index is 3.11. The zero-order chi connectivity index (χ0) is 14.6. The first-order chi connectivity index (χ1) is 8.88. The van der Waals surface area contributed by atoms with E-state index in [1.54, 1.807) is 24.0 Å². The van der Waals surface area contributed by atoms with Crippen LogP contribution >= 0.6 is 11.6 Å². The number of alkyl halides is 1. The van der Waals surface area contributed by atoms with Crippen molar-refractivity contribution in [2.75, 3.05) is 12.4 Å².